The molecule has 0 radical (unpaired) electrons. The zero-order chi connectivity index (χ0) is 14.2. The van der Waals surface area contributed by atoms with Gasteiger partial charge in [-0.25, -0.2) is 4.39 Å². The van der Waals surface area contributed by atoms with Gasteiger partial charge in [0, 0.05) is 22.8 Å². The lowest BCUT2D eigenvalue weighted by atomic mass is 10.1. The van der Waals surface area contributed by atoms with E-state index in [9.17, 15) is 4.39 Å². The maximum Gasteiger partial charge on any atom is 0.147 e. The Hall–Kier alpha value is -1.36. The zero-order valence-corrected chi connectivity index (χ0v) is 13.0. The van der Waals surface area contributed by atoms with E-state index in [1.165, 1.54) is 6.07 Å². The van der Waals surface area contributed by atoms with Gasteiger partial charge in [-0.2, -0.15) is 5.10 Å². The minimum Gasteiger partial charge on any atom is -0.375 e. The van der Waals surface area contributed by atoms with Crippen LogP contribution in [0, 0.1) is 19.7 Å². The topological polar surface area (TPSA) is 29.9 Å². The van der Waals surface area contributed by atoms with E-state index in [-0.39, 0.29) is 11.9 Å². The quantitative estimate of drug-likeness (QED) is 0.920. The van der Waals surface area contributed by atoms with Gasteiger partial charge >= 0.3 is 0 Å². The van der Waals surface area contributed by atoms with E-state index in [1.807, 2.05) is 38.6 Å². The van der Waals surface area contributed by atoms with Crippen molar-refractivity contribution in [1.82, 2.24) is 9.78 Å². The van der Waals surface area contributed by atoms with E-state index >= 15 is 0 Å². The monoisotopic (exact) mass is 325 g/mol. The van der Waals surface area contributed by atoms with Gasteiger partial charge in [-0.05, 0) is 48.8 Å². The molecular weight excluding hydrogens is 309 g/mol. The molecular formula is C14H17BrFN3. The second-order valence-electron chi connectivity index (χ2n) is 4.67. The van der Waals surface area contributed by atoms with Gasteiger partial charge < -0.3 is 5.32 Å². The number of halogens is 2. The van der Waals surface area contributed by atoms with Crippen LogP contribution >= 0.6 is 15.9 Å². The normalized spacial score (nSPS) is 12.5. The first-order valence-electron chi connectivity index (χ1n) is 6.12. The van der Waals surface area contributed by atoms with Gasteiger partial charge in [0.2, 0.25) is 0 Å². The first kappa shape index (κ1) is 14.1. The molecule has 0 saturated heterocycles. The van der Waals surface area contributed by atoms with Crippen molar-refractivity contribution in [3.05, 3.63) is 45.4 Å². The molecule has 5 heteroatoms. The van der Waals surface area contributed by atoms with Crippen LogP contribution in [0.5, 0.6) is 0 Å². The number of para-hydroxylation sites is 1. The number of anilines is 1. The summed E-state index contributed by atoms with van der Waals surface area (Å²) in [6.07, 6.45) is 0. The minimum atomic E-state index is -0.263. The first-order chi connectivity index (χ1) is 8.91. The highest BCUT2D eigenvalue weighted by molar-refractivity contribution is 9.10. The number of benzene rings is 1. The van der Waals surface area contributed by atoms with Gasteiger partial charge in [-0.3, -0.25) is 4.68 Å². The summed E-state index contributed by atoms with van der Waals surface area (Å²) in [5, 5.41) is 7.60. The Balaban J connectivity index is 2.33. The number of hydrogen-bond acceptors (Lipinski definition) is 2. The Morgan fingerprint density at radius 1 is 1.37 bits per heavy atom. The molecule has 0 aliphatic heterocycles. The van der Waals surface area contributed by atoms with Gasteiger partial charge in [-0.15, -0.1) is 0 Å². The van der Waals surface area contributed by atoms with Crippen LogP contribution in [0.1, 0.15) is 29.9 Å². The smallest absolute Gasteiger partial charge is 0.147 e. The van der Waals surface area contributed by atoms with Crippen LogP contribution in [-0.2, 0) is 7.05 Å². The van der Waals surface area contributed by atoms with Crippen molar-refractivity contribution in [3.8, 4) is 0 Å². The van der Waals surface area contributed by atoms with E-state index in [1.54, 1.807) is 6.07 Å². The molecule has 2 rings (SSSR count). The maximum absolute atomic E-state index is 13.8. The molecule has 102 valence electrons. The van der Waals surface area contributed by atoms with Crippen LogP contribution in [0.25, 0.3) is 0 Å². The highest BCUT2D eigenvalue weighted by Crippen LogP contribution is 2.30. The third-order valence-electron chi connectivity index (χ3n) is 3.32. The maximum atomic E-state index is 13.8. The highest BCUT2D eigenvalue weighted by Gasteiger charge is 2.18. The fourth-order valence-corrected chi connectivity index (χ4v) is 2.80. The van der Waals surface area contributed by atoms with Gasteiger partial charge in [-0.1, -0.05) is 6.07 Å². The second-order valence-corrected chi connectivity index (χ2v) is 5.53. The average molecular weight is 326 g/mol. The van der Waals surface area contributed by atoms with Crippen molar-refractivity contribution < 1.29 is 4.39 Å². The second kappa shape index (κ2) is 5.33. The molecule has 1 unspecified atom stereocenters. The number of hydrogen-bond donors (Lipinski definition) is 1. The van der Waals surface area contributed by atoms with E-state index < -0.39 is 0 Å². The van der Waals surface area contributed by atoms with E-state index in [0.717, 1.165) is 21.4 Å². The third kappa shape index (κ3) is 2.66. The predicted molar refractivity (Wildman–Crippen MR) is 78.8 cm³/mol. The van der Waals surface area contributed by atoms with Gasteiger partial charge in [0.1, 0.15) is 5.82 Å². The van der Waals surface area contributed by atoms with Gasteiger partial charge in [0.15, 0.2) is 0 Å². The van der Waals surface area contributed by atoms with Crippen LogP contribution in [0.15, 0.2) is 22.7 Å². The van der Waals surface area contributed by atoms with E-state index in [2.05, 4.69) is 26.3 Å². The summed E-state index contributed by atoms with van der Waals surface area (Å²) < 4.78 is 16.4. The molecule has 1 aromatic heterocycles. The summed E-state index contributed by atoms with van der Waals surface area (Å²) in [4.78, 5) is 0. The Labute approximate surface area is 121 Å². The van der Waals surface area contributed by atoms with Crippen LogP contribution in [-0.4, -0.2) is 9.78 Å². The largest absolute Gasteiger partial charge is 0.375 e. The lowest BCUT2D eigenvalue weighted by molar-refractivity contribution is 0.626. The average Bonchev–Trinajstić information content (AvgIpc) is 2.58. The number of aromatic nitrogens is 2. The van der Waals surface area contributed by atoms with Gasteiger partial charge in [0.25, 0.3) is 0 Å². The molecule has 0 amide bonds. The molecule has 3 nitrogen and oxygen atoms in total. The molecule has 1 aromatic carbocycles. The molecule has 0 fully saturated rings. The lowest BCUT2D eigenvalue weighted by Crippen LogP contribution is -2.10. The summed E-state index contributed by atoms with van der Waals surface area (Å²) in [6, 6.07) is 4.93. The van der Waals surface area contributed by atoms with E-state index in [4.69, 9.17) is 0 Å². The van der Waals surface area contributed by atoms with Crippen molar-refractivity contribution in [1.29, 1.82) is 0 Å². The third-order valence-corrected chi connectivity index (χ3v) is 3.98. The van der Waals surface area contributed by atoms with Crippen LogP contribution in [0.2, 0.25) is 0 Å². The summed E-state index contributed by atoms with van der Waals surface area (Å²) in [6.45, 7) is 6.00. The van der Waals surface area contributed by atoms with Gasteiger partial charge in [0.05, 0.1) is 17.4 Å². The summed E-state index contributed by atoms with van der Waals surface area (Å²) >= 11 is 3.37. The van der Waals surface area contributed by atoms with Crippen LogP contribution in [0.3, 0.4) is 0 Å². The SMILES string of the molecule is Cc1nn(C)c(C)c1C(C)Nc1c(F)cccc1Br. The van der Waals surface area contributed by atoms with E-state index in [0.29, 0.717) is 5.69 Å². The van der Waals surface area contributed by atoms with Crippen molar-refractivity contribution in [3.63, 3.8) is 0 Å². The number of aryl methyl sites for hydroxylation is 2. The summed E-state index contributed by atoms with van der Waals surface area (Å²) in [5.74, 6) is -0.263. The molecule has 0 spiro atoms. The standard InChI is InChI=1S/C14H17BrFN3/c1-8(13-9(2)18-19(4)10(13)3)17-14-11(15)6-5-7-12(14)16/h5-8,17H,1-4H3. The predicted octanol–water partition coefficient (Wildman–Crippen LogP) is 4.11. The lowest BCUT2D eigenvalue weighted by Gasteiger charge is -2.17. The number of rotatable bonds is 3. The fourth-order valence-electron chi connectivity index (χ4n) is 2.34. The molecule has 0 aliphatic carbocycles. The van der Waals surface area contributed by atoms with Crippen molar-refractivity contribution >= 4 is 21.6 Å². The Morgan fingerprint density at radius 3 is 2.58 bits per heavy atom. The molecule has 0 saturated carbocycles. The zero-order valence-electron chi connectivity index (χ0n) is 11.5. The molecule has 2 aromatic rings. The Morgan fingerprint density at radius 2 is 2.05 bits per heavy atom. The number of nitrogens with one attached hydrogen (secondary N) is 1. The summed E-state index contributed by atoms with van der Waals surface area (Å²) in [5.41, 5.74) is 3.65. The van der Waals surface area contributed by atoms with Crippen molar-refractivity contribution in [2.75, 3.05) is 5.32 Å². The Bertz CT molecular complexity index is 587. The van der Waals surface area contributed by atoms with Crippen molar-refractivity contribution in [2.24, 2.45) is 7.05 Å². The first-order valence-corrected chi connectivity index (χ1v) is 6.91. The fraction of sp³-hybridized carbons (Fsp3) is 0.357. The number of nitrogens with zero attached hydrogens (tertiary/aromatic N) is 2. The highest BCUT2D eigenvalue weighted by atomic mass is 79.9. The van der Waals surface area contributed by atoms with Crippen LogP contribution < -0.4 is 5.32 Å². The molecule has 1 atom stereocenters. The summed E-state index contributed by atoms with van der Waals surface area (Å²) in [7, 11) is 1.91. The molecule has 0 bridgehead atoms. The molecule has 1 N–H and O–H groups in total. The minimum absolute atomic E-state index is 0.0121. The molecule has 19 heavy (non-hydrogen) atoms. The van der Waals surface area contributed by atoms with Crippen LogP contribution in [0.4, 0.5) is 10.1 Å². The molecule has 0 aliphatic rings. The Kier molecular flexibility index (Phi) is 3.94. The molecule has 1 heterocycles. The van der Waals surface area contributed by atoms with Crippen molar-refractivity contribution in [2.45, 2.75) is 26.8 Å².